The van der Waals surface area contributed by atoms with Crippen molar-refractivity contribution in [2.24, 2.45) is 0 Å². The summed E-state index contributed by atoms with van der Waals surface area (Å²) in [7, 11) is 1.26. The number of nitrogens with one attached hydrogen (secondary N) is 3. The van der Waals surface area contributed by atoms with Gasteiger partial charge >= 0.3 is 18.2 Å². The van der Waals surface area contributed by atoms with Gasteiger partial charge in [0.25, 0.3) is 0 Å². The highest BCUT2D eigenvalue weighted by molar-refractivity contribution is 5.84. The van der Waals surface area contributed by atoms with Gasteiger partial charge < -0.3 is 30.2 Å². The van der Waals surface area contributed by atoms with E-state index in [1.165, 1.54) is 7.11 Å². The van der Waals surface area contributed by atoms with Crippen molar-refractivity contribution in [2.75, 3.05) is 20.2 Å². The maximum Gasteiger partial charge on any atom is 0.407 e. The van der Waals surface area contributed by atoms with Crippen LogP contribution in [0.4, 0.5) is 9.59 Å². The topological polar surface area (TPSA) is 132 Å². The Morgan fingerprint density at radius 2 is 1.24 bits per heavy atom. The van der Waals surface area contributed by atoms with Crippen LogP contribution in [0.15, 0.2) is 60.7 Å². The van der Waals surface area contributed by atoms with E-state index in [0.29, 0.717) is 32.2 Å². The minimum Gasteiger partial charge on any atom is -0.467 e. The predicted molar refractivity (Wildman–Crippen MR) is 136 cm³/mol. The summed E-state index contributed by atoms with van der Waals surface area (Å²) in [5, 5.41) is 7.93. The Kier molecular flexibility index (Phi) is 13.7. The quantitative estimate of drug-likeness (QED) is 0.189. The third kappa shape index (κ3) is 13.0. The van der Waals surface area contributed by atoms with E-state index in [-0.39, 0.29) is 32.1 Å². The van der Waals surface area contributed by atoms with Crippen LogP contribution in [0.2, 0.25) is 0 Å². The molecule has 3 amide bonds. The number of carbonyl (C=O) groups is 4. The highest BCUT2D eigenvalue weighted by Crippen LogP contribution is 2.05. The van der Waals surface area contributed by atoms with Crippen molar-refractivity contribution in [3.8, 4) is 0 Å². The summed E-state index contributed by atoms with van der Waals surface area (Å²) >= 11 is 0. The Bertz CT molecular complexity index is 970. The second-order valence-corrected chi connectivity index (χ2v) is 8.22. The van der Waals surface area contributed by atoms with Gasteiger partial charge in [0.1, 0.15) is 19.3 Å². The van der Waals surface area contributed by atoms with E-state index in [0.717, 1.165) is 11.1 Å². The number of unbranched alkanes of at least 4 members (excludes halogenated alkanes) is 1. The zero-order valence-corrected chi connectivity index (χ0v) is 21.1. The number of methoxy groups -OCH3 is 1. The average molecular weight is 514 g/mol. The molecule has 1 atom stereocenters. The van der Waals surface area contributed by atoms with E-state index in [1.807, 2.05) is 60.7 Å². The molecule has 0 bridgehead atoms. The maximum atomic E-state index is 12.3. The molecule has 10 heteroatoms. The molecule has 200 valence electrons. The highest BCUT2D eigenvalue weighted by atomic mass is 16.6. The predicted octanol–water partition coefficient (Wildman–Crippen LogP) is 3.45. The van der Waals surface area contributed by atoms with Gasteiger partial charge in [0.2, 0.25) is 5.91 Å². The summed E-state index contributed by atoms with van der Waals surface area (Å²) in [6.45, 7) is 0.989. The number of amides is 3. The fourth-order valence-electron chi connectivity index (χ4n) is 3.31. The summed E-state index contributed by atoms with van der Waals surface area (Å²) in [4.78, 5) is 47.8. The van der Waals surface area contributed by atoms with E-state index in [2.05, 4.69) is 16.0 Å². The van der Waals surface area contributed by atoms with Gasteiger partial charge in [-0.3, -0.25) is 4.79 Å². The Morgan fingerprint density at radius 1 is 0.730 bits per heavy atom. The average Bonchev–Trinajstić information content (AvgIpc) is 2.93. The number of hydrogen-bond donors (Lipinski definition) is 3. The number of rotatable bonds is 15. The van der Waals surface area contributed by atoms with Crippen molar-refractivity contribution >= 4 is 24.1 Å². The smallest absolute Gasteiger partial charge is 0.407 e. The third-order valence-electron chi connectivity index (χ3n) is 5.29. The van der Waals surface area contributed by atoms with E-state index in [4.69, 9.17) is 14.2 Å². The van der Waals surface area contributed by atoms with Crippen molar-refractivity contribution < 1.29 is 33.4 Å². The van der Waals surface area contributed by atoms with Crippen LogP contribution < -0.4 is 16.0 Å². The first kappa shape index (κ1) is 29.2. The molecule has 0 fully saturated rings. The van der Waals surface area contributed by atoms with Crippen LogP contribution in [0.5, 0.6) is 0 Å². The van der Waals surface area contributed by atoms with Crippen LogP contribution in [-0.4, -0.2) is 50.3 Å². The van der Waals surface area contributed by atoms with Crippen LogP contribution in [0.1, 0.15) is 43.2 Å². The lowest BCUT2D eigenvalue weighted by molar-refractivity contribution is -0.145. The lowest BCUT2D eigenvalue weighted by Gasteiger charge is -2.16. The van der Waals surface area contributed by atoms with Gasteiger partial charge in [0, 0.05) is 19.5 Å². The van der Waals surface area contributed by atoms with E-state index in [1.54, 1.807) is 0 Å². The van der Waals surface area contributed by atoms with Crippen LogP contribution in [-0.2, 0) is 37.0 Å². The molecular weight excluding hydrogens is 478 g/mol. The number of esters is 1. The molecular formula is C27H35N3O7. The normalized spacial score (nSPS) is 11.1. The first-order valence-electron chi connectivity index (χ1n) is 12.2. The van der Waals surface area contributed by atoms with E-state index < -0.39 is 24.2 Å². The SMILES string of the molecule is COC(=O)C(CCCCNC(=O)OCc1ccccc1)NC(=O)CCCNC(=O)OCc1ccccc1. The maximum absolute atomic E-state index is 12.3. The summed E-state index contributed by atoms with van der Waals surface area (Å²) in [5.74, 6) is -0.858. The fourth-order valence-corrected chi connectivity index (χ4v) is 3.31. The van der Waals surface area contributed by atoms with Gasteiger partial charge in [-0.2, -0.15) is 0 Å². The van der Waals surface area contributed by atoms with E-state index >= 15 is 0 Å². The van der Waals surface area contributed by atoms with Crippen molar-refractivity contribution in [3.05, 3.63) is 71.8 Å². The fraction of sp³-hybridized carbons (Fsp3) is 0.407. The zero-order chi connectivity index (χ0) is 26.7. The summed E-state index contributed by atoms with van der Waals surface area (Å²) in [6.07, 6.45) is 0.972. The molecule has 0 aromatic heterocycles. The van der Waals surface area contributed by atoms with Crippen molar-refractivity contribution in [1.29, 1.82) is 0 Å². The first-order chi connectivity index (χ1) is 18.0. The molecule has 37 heavy (non-hydrogen) atoms. The van der Waals surface area contributed by atoms with Crippen LogP contribution in [0.25, 0.3) is 0 Å². The highest BCUT2D eigenvalue weighted by Gasteiger charge is 2.20. The molecule has 0 radical (unpaired) electrons. The molecule has 0 heterocycles. The Labute approximate surface area is 217 Å². The van der Waals surface area contributed by atoms with Crippen molar-refractivity contribution in [2.45, 2.75) is 51.4 Å². The number of hydrogen-bond acceptors (Lipinski definition) is 7. The molecule has 0 spiro atoms. The Hall–Kier alpha value is -4.08. The molecule has 1 unspecified atom stereocenters. The summed E-state index contributed by atoms with van der Waals surface area (Å²) < 4.78 is 15.0. The van der Waals surface area contributed by atoms with Gasteiger partial charge in [-0.1, -0.05) is 60.7 Å². The number of benzene rings is 2. The van der Waals surface area contributed by atoms with Crippen molar-refractivity contribution in [3.63, 3.8) is 0 Å². The lowest BCUT2D eigenvalue weighted by atomic mass is 10.1. The monoisotopic (exact) mass is 513 g/mol. The molecule has 3 N–H and O–H groups in total. The summed E-state index contributed by atoms with van der Waals surface area (Å²) in [5.41, 5.74) is 1.78. The molecule has 0 aliphatic rings. The first-order valence-corrected chi connectivity index (χ1v) is 12.2. The zero-order valence-electron chi connectivity index (χ0n) is 21.1. The van der Waals surface area contributed by atoms with Crippen LogP contribution in [0, 0.1) is 0 Å². The molecule has 10 nitrogen and oxygen atoms in total. The number of ether oxygens (including phenoxy) is 3. The van der Waals surface area contributed by atoms with Gasteiger partial charge in [0.15, 0.2) is 0 Å². The number of carbonyl (C=O) groups excluding carboxylic acids is 4. The molecule has 0 aliphatic heterocycles. The summed E-state index contributed by atoms with van der Waals surface area (Å²) in [6, 6.07) is 17.9. The van der Waals surface area contributed by atoms with E-state index in [9.17, 15) is 19.2 Å². The second kappa shape index (κ2) is 17.4. The molecule has 2 rings (SSSR count). The van der Waals surface area contributed by atoms with Gasteiger partial charge in [-0.25, -0.2) is 14.4 Å². The van der Waals surface area contributed by atoms with Crippen LogP contribution in [0.3, 0.4) is 0 Å². The van der Waals surface area contributed by atoms with Gasteiger partial charge in [-0.05, 0) is 36.8 Å². The Morgan fingerprint density at radius 3 is 1.76 bits per heavy atom. The molecule has 2 aromatic rings. The molecule has 2 aromatic carbocycles. The molecule has 0 aliphatic carbocycles. The largest absolute Gasteiger partial charge is 0.467 e. The lowest BCUT2D eigenvalue weighted by Crippen LogP contribution is -2.41. The van der Waals surface area contributed by atoms with Gasteiger partial charge in [0.05, 0.1) is 7.11 Å². The van der Waals surface area contributed by atoms with Crippen LogP contribution >= 0.6 is 0 Å². The number of alkyl carbamates (subject to hydrolysis) is 2. The van der Waals surface area contributed by atoms with Crippen molar-refractivity contribution in [1.82, 2.24) is 16.0 Å². The standard InChI is InChI=1S/C27H35N3O7/c1-35-25(32)23(15-8-9-17-28-26(33)36-19-21-11-4-2-5-12-21)30-24(31)16-10-18-29-27(34)37-20-22-13-6-3-7-14-22/h2-7,11-14,23H,8-10,15-20H2,1H3,(H,28,33)(H,29,34)(H,30,31). The van der Waals surface area contributed by atoms with Gasteiger partial charge in [-0.15, -0.1) is 0 Å². The Balaban J connectivity index is 1.56. The minimum atomic E-state index is -0.786. The molecule has 0 saturated carbocycles. The third-order valence-corrected chi connectivity index (χ3v) is 5.29. The second-order valence-electron chi connectivity index (χ2n) is 8.22. The minimum absolute atomic E-state index is 0.126. The molecule has 0 saturated heterocycles.